The number of aliphatic hydroxyl groups is 1. The Morgan fingerprint density at radius 3 is 2.58 bits per heavy atom. The van der Waals surface area contributed by atoms with E-state index in [2.05, 4.69) is 0 Å². The summed E-state index contributed by atoms with van der Waals surface area (Å²) >= 11 is 6.05. The molecule has 0 aliphatic carbocycles. The molecule has 2 aliphatic rings. The molecule has 0 unspecified atom stereocenters. The van der Waals surface area contributed by atoms with Gasteiger partial charge in [0.25, 0.3) is 0 Å². The Balaban J connectivity index is 1.99. The highest BCUT2D eigenvalue weighted by molar-refractivity contribution is 6.33. The fourth-order valence-electron chi connectivity index (χ4n) is 3.06. The number of fused-ring (bicyclic) bond motifs is 2. The van der Waals surface area contributed by atoms with Crippen LogP contribution in [0.4, 0.5) is 0 Å². The van der Waals surface area contributed by atoms with Gasteiger partial charge in [-0.15, -0.1) is 0 Å². The highest BCUT2D eigenvalue weighted by Gasteiger charge is 2.41. The summed E-state index contributed by atoms with van der Waals surface area (Å²) in [6.45, 7) is 1.68. The molecule has 0 spiro atoms. The molecule has 140 valence electrons. The molecule has 1 aromatic rings. The standard InChI is InChI=1S/C18H19ClO7/c1-8-4-14-15(26-14)6-10(21)3-2-9(20)5-11-16(18(24)25-8)12(22)7-13(23)17(11)19/h2-3,7-8,10,14-15,21-23H,4-6H2,1H3/t8-,10-,14+,15-/m1/s1. The molecule has 1 saturated heterocycles. The lowest BCUT2D eigenvalue weighted by Gasteiger charge is -2.17. The van der Waals surface area contributed by atoms with Crippen molar-refractivity contribution in [1.29, 1.82) is 0 Å². The molecule has 8 heteroatoms. The van der Waals surface area contributed by atoms with Crippen LogP contribution < -0.4 is 0 Å². The first-order chi connectivity index (χ1) is 12.3. The number of esters is 1. The largest absolute Gasteiger partial charge is 0.507 e. The fourth-order valence-corrected chi connectivity index (χ4v) is 3.27. The van der Waals surface area contributed by atoms with Gasteiger partial charge in [-0.1, -0.05) is 17.7 Å². The number of phenols is 2. The number of benzene rings is 1. The molecule has 0 saturated carbocycles. The third-order valence-electron chi connectivity index (χ3n) is 4.41. The van der Waals surface area contributed by atoms with E-state index in [9.17, 15) is 24.9 Å². The van der Waals surface area contributed by atoms with Crippen molar-refractivity contribution in [3.05, 3.63) is 34.4 Å². The Bertz CT molecular complexity index is 773. The number of epoxide rings is 1. The lowest BCUT2D eigenvalue weighted by molar-refractivity contribution is -0.114. The number of hydrogen-bond acceptors (Lipinski definition) is 7. The van der Waals surface area contributed by atoms with Crippen LogP contribution in [0.3, 0.4) is 0 Å². The molecule has 0 radical (unpaired) electrons. The average molecular weight is 383 g/mol. The van der Waals surface area contributed by atoms with Crippen LogP contribution in [0.1, 0.15) is 35.7 Å². The lowest BCUT2D eigenvalue weighted by Crippen LogP contribution is -2.20. The summed E-state index contributed by atoms with van der Waals surface area (Å²) in [5, 5.41) is 29.7. The van der Waals surface area contributed by atoms with Crippen molar-refractivity contribution < 1.29 is 34.4 Å². The summed E-state index contributed by atoms with van der Waals surface area (Å²) in [4.78, 5) is 24.7. The molecule has 2 heterocycles. The molecular formula is C18H19ClO7. The Morgan fingerprint density at radius 2 is 1.85 bits per heavy atom. The van der Waals surface area contributed by atoms with E-state index in [1.54, 1.807) is 6.92 Å². The minimum absolute atomic E-state index is 0.0249. The number of aliphatic hydroxyl groups excluding tert-OH is 1. The molecule has 3 rings (SSSR count). The molecule has 3 N–H and O–H groups in total. The summed E-state index contributed by atoms with van der Waals surface area (Å²) in [5.74, 6) is -2.26. The molecule has 2 aliphatic heterocycles. The van der Waals surface area contributed by atoms with Crippen LogP contribution in [0.25, 0.3) is 0 Å². The van der Waals surface area contributed by atoms with Crippen LogP contribution in [0.5, 0.6) is 11.5 Å². The molecule has 26 heavy (non-hydrogen) atoms. The topological polar surface area (TPSA) is 117 Å². The minimum Gasteiger partial charge on any atom is -0.507 e. The number of cyclic esters (lactones) is 1. The number of phenolic OH excluding ortho intramolecular Hbond substituents is 2. The number of ether oxygens (including phenoxy) is 2. The number of aromatic hydroxyl groups is 2. The lowest BCUT2D eigenvalue weighted by atomic mass is 9.99. The number of carbonyl (C=O) groups is 2. The van der Waals surface area contributed by atoms with E-state index in [0.717, 1.165) is 6.07 Å². The highest BCUT2D eigenvalue weighted by Crippen LogP contribution is 2.38. The maximum atomic E-state index is 12.5. The van der Waals surface area contributed by atoms with Crippen LogP contribution in [-0.4, -0.2) is 51.5 Å². The molecule has 1 aromatic carbocycles. The first-order valence-corrected chi connectivity index (χ1v) is 8.63. The molecule has 7 nitrogen and oxygen atoms in total. The Morgan fingerprint density at radius 1 is 1.15 bits per heavy atom. The molecule has 4 atom stereocenters. The monoisotopic (exact) mass is 382 g/mol. The van der Waals surface area contributed by atoms with Gasteiger partial charge in [0, 0.05) is 30.9 Å². The van der Waals surface area contributed by atoms with Crippen LogP contribution in [-0.2, 0) is 20.7 Å². The van der Waals surface area contributed by atoms with E-state index in [1.807, 2.05) is 0 Å². The van der Waals surface area contributed by atoms with E-state index in [1.165, 1.54) is 12.2 Å². The van der Waals surface area contributed by atoms with Gasteiger partial charge < -0.3 is 24.8 Å². The van der Waals surface area contributed by atoms with Gasteiger partial charge in [-0.05, 0) is 13.0 Å². The molecule has 0 bridgehead atoms. The van der Waals surface area contributed by atoms with Gasteiger partial charge >= 0.3 is 5.97 Å². The van der Waals surface area contributed by atoms with Crippen molar-refractivity contribution >= 4 is 23.4 Å². The molecular weight excluding hydrogens is 364 g/mol. The van der Waals surface area contributed by atoms with E-state index < -0.39 is 35.5 Å². The Labute approximate surface area is 154 Å². The summed E-state index contributed by atoms with van der Waals surface area (Å²) < 4.78 is 10.8. The first kappa shape index (κ1) is 18.7. The van der Waals surface area contributed by atoms with E-state index in [4.69, 9.17) is 21.1 Å². The predicted octanol–water partition coefficient (Wildman–Crippen LogP) is 1.89. The second kappa shape index (κ2) is 7.26. The van der Waals surface area contributed by atoms with Crippen LogP contribution in [0.15, 0.2) is 18.2 Å². The second-order valence-corrected chi connectivity index (χ2v) is 6.93. The SMILES string of the molecule is C[C@@H]1C[C@@H]2O[C@@H]2C[C@H](O)C=CC(=O)Cc2c(Cl)c(O)cc(O)c2C(=O)O1. The third-order valence-corrected chi connectivity index (χ3v) is 4.84. The van der Waals surface area contributed by atoms with Crippen LogP contribution in [0, 0.1) is 0 Å². The summed E-state index contributed by atoms with van der Waals surface area (Å²) in [7, 11) is 0. The predicted molar refractivity (Wildman–Crippen MR) is 91.4 cm³/mol. The smallest absolute Gasteiger partial charge is 0.342 e. The molecule has 1 fully saturated rings. The zero-order valence-electron chi connectivity index (χ0n) is 14.0. The van der Waals surface area contributed by atoms with E-state index in [0.29, 0.717) is 12.8 Å². The summed E-state index contributed by atoms with van der Waals surface area (Å²) in [6, 6.07) is 0.931. The summed E-state index contributed by atoms with van der Waals surface area (Å²) in [6.07, 6.45) is 1.32. The number of ketones is 1. The normalized spacial score (nSPS) is 29.3. The number of halogens is 1. The maximum Gasteiger partial charge on any atom is 0.342 e. The van der Waals surface area contributed by atoms with Crippen molar-refractivity contribution in [3.63, 3.8) is 0 Å². The van der Waals surface area contributed by atoms with Gasteiger partial charge in [0.1, 0.15) is 23.2 Å². The van der Waals surface area contributed by atoms with E-state index in [-0.39, 0.29) is 34.8 Å². The maximum absolute atomic E-state index is 12.5. The van der Waals surface area contributed by atoms with Gasteiger partial charge in [-0.3, -0.25) is 4.79 Å². The third kappa shape index (κ3) is 4.00. The van der Waals surface area contributed by atoms with Gasteiger partial charge in [-0.25, -0.2) is 4.79 Å². The van der Waals surface area contributed by atoms with Gasteiger partial charge in [-0.2, -0.15) is 0 Å². The number of allylic oxidation sites excluding steroid dienone is 1. The van der Waals surface area contributed by atoms with Gasteiger partial charge in [0.05, 0.1) is 23.3 Å². The van der Waals surface area contributed by atoms with Gasteiger partial charge in [0.15, 0.2) is 5.78 Å². The molecule has 0 amide bonds. The highest BCUT2D eigenvalue weighted by atomic mass is 35.5. The van der Waals surface area contributed by atoms with Crippen molar-refractivity contribution in [2.45, 2.75) is 50.6 Å². The van der Waals surface area contributed by atoms with Crippen molar-refractivity contribution in [1.82, 2.24) is 0 Å². The fraction of sp³-hybridized carbons (Fsp3) is 0.444. The van der Waals surface area contributed by atoms with Crippen molar-refractivity contribution in [2.24, 2.45) is 0 Å². The first-order valence-electron chi connectivity index (χ1n) is 8.25. The van der Waals surface area contributed by atoms with Gasteiger partial charge in [0.2, 0.25) is 0 Å². The summed E-state index contributed by atoms with van der Waals surface area (Å²) in [5.41, 5.74) is -0.282. The van der Waals surface area contributed by atoms with Crippen LogP contribution in [0.2, 0.25) is 5.02 Å². The second-order valence-electron chi connectivity index (χ2n) is 6.55. The minimum atomic E-state index is -0.845. The Hall–Kier alpha value is -2.09. The quantitative estimate of drug-likeness (QED) is 0.463. The van der Waals surface area contributed by atoms with Crippen molar-refractivity contribution in [2.75, 3.05) is 0 Å². The Kier molecular flexibility index (Phi) is 5.22. The average Bonchev–Trinajstić information content (AvgIpc) is 3.26. The number of carbonyl (C=O) groups excluding carboxylic acids is 2. The number of hydrogen-bond donors (Lipinski definition) is 3. The van der Waals surface area contributed by atoms with Crippen LogP contribution >= 0.6 is 11.6 Å². The van der Waals surface area contributed by atoms with Crippen molar-refractivity contribution in [3.8, 4) is 11.5 Å². The van der Waals surface area contributed by atoms with E-state index >= 15 is 0 Å². The number of rotatable bonds is 0. The molecule has 0 aromatic heterocycles. The zero-order chi connectivity index (χ0) is 19.0. The zero-order valence-corrected chi connectivity index (χ0v) is 14.8.